The fourth-order valence-electron chi connectivity index (χ4n) is 3.85. The molecular weight excluding hydrogens is 617 g/mol. The molecule has 1 aliphatic rings. The van der Waals surface area contributed by atoms with Gasteiger partial charge in [0.1, 0.15) is 12.3 Å². The Labute approximate surface area is 259 Å². The molecule has 15 heteroatoms. The lowest BCUT2D eigenvalue weighted by Crippen LogP contribution is -2.44. The smallest absolute Gasteiger partial charge is 0.414 e. The van der Waals surface area contributed by atoms with Gasteiger partial charge >= 0.3 is 17.8 Å². The number of amides is 2. The zero-order valence-corrected chi connectivity index (χ0v) is 27.2. The molecule has 1 aromatic carbocycles. The molecule has 1 saturated heterocycles. The van der Waals surface area contributed by atoms with Crippen molar-refractivity contribution in [2.75, 3.05) is 30.7 Å². The van der Waals surface area contributed by atoms with Crippen molar-refractivity contribution in [3.05, 3.63) is 58.1 Å². The first-order valence-corrected chi connectivity index (χ1v) is 18.1. The first kappa shape index (κ1) is 35.3. The molecule has 0 spiro atoms. The summed E-state index contributed by atoms with van der Waals surface area (Å²) in [6.07, 6.45) is -3.26. The van der Waals surface area contributed by atoms with Gasteiger partial charge < -0.3 is 24.5 Å². The molecule has 0 bridgehead atoms. The van der Waals surface area contributed by atoms with Gasteiger partial charge in [0, 0.05) is 18.2 Å². The zero-order valence-electron chi connectivity index (χ0n) is 25.4. The van der Waals surface area contributed by atoms with E-state index >= 15 is 0 Å². The lowest BCUT2D eigenvalue weighted by atomic mass is 10.2. The lowest BCUT2D eigenvalue weighted by Gasteiger charge is -2.37. The standard InChI is InChI=1S/C29H37F3N4O6SSi/c1-28(2,3)44(5,6)41-17-22-21(40-18-43-4)15-23(42-22)36-16-20(13-10-14-33-26(38)29(30,31)32)24(35-27(36)39)34-25(37)19-11-8-7-9-12-19/h7-9,11-12,16,21-23H,14-15,17-18H2,1-6H3,(H,33,38)(H,34,35,37,39). The molecule has 1 aliphatic heterocycles. The molecule has 2 heterocycles. The van der Waals surface area contributed by atoms with Crippen LogP contribution in [0.4, 0.5) is 19.0 Å². The van der Waals surface area contributed by atoms with Crippen LogP contribution in [0.1, 0.15) is 49.3 Å². The number of aromatic nitrogens is 2. The number of carbonyl (C=O) groups is 2. The summed E-state index contributed by atoms with van der Waals surface area (Å²) in [5.41, 5.74) is -0.433. The van der Waals surface area contributed by atoms with Crippen molar-refractivity contribution in [2.24, 2.45) is 0 Å². The van der Waals surface area contributed by atoms with Gasteiger partial charge in [-0.15, -0.1) is 11.8 Å². The number of hydrogen-bond acceptors (Lipinski definition) is 8. The minimum absolute atomic E-state index is 0.0290. The van der Waals surface area contributed by atoms with Gasteiger partial charge in [0.15, 0.2) is 14.1 Å². The van der Waals surface area contributed by atoms with E-state index in [0.29, 0.717) is 5.94 Å². The minimum Gasteiger partial charge on any atom is -0.414 e. The molecule has 1 aromatic heterocycles. The SMILES string of the molecule is CSCOC1CC(n2cc(C#CCNC(=O)C(F)(F)F)c(NC(=O)c3ccccc3)nc2=O)OC1CO[Si](C)(C)C(C)(C)C. The molecule has 1 fully saturated rings. The number of anilines is 1. The fourth-order valence-corrected chi connectivity index (χ4v) is 5.18. The average Bonchev–Trinajstić information content (AvgIpc) is 3.35. The predicted molar refractivity (Wildman–Crippen MR) is 164 cm³/mol. The molecule has 10 nitrogen and oxygen atoms in total. The van der Waals surface area contributed by atoms with Crippen molar-refractivity contribution >= 4 is 37.7 Å². The van der Waals surface area contributed by atoms with Crippen LogP contribution in [0, 0.1) is 11.8 Å². The number of hydrogen-bond donors (Lipinski definition) is 2. The van der Waals surface area contributed by atoms with E-state index in [0.717, 1.165) is 0 Å². The summed E-state index contributed by atoms with van der Waals surface area (Å²) in [7, 11) is -2.12. The Morgan fingerprint density at radius 3 is 2.50 bits per heavy atom. The van der Waals surface area contributed by atoms with Gasteiger partial charge in [-0.25, -0.2) is 4.79 Å². The number of ether oxygens (including phenoxy) is 2. The third-order valence-corrected chi connectivity index (χ3v) is 12.2. The summed E-state index contributed by atoms with van der Waals surface area (Å²) < 4.78 is 57.6. The summed E-state index contributed by atoms with van der Waals surface area (Å²) in [6.45, 7) is 10.2. The molecule has 2 N–H and O–H groups in total. The van der Waals surface area contributed by atoms with Gasteiger partial charge in [0.25, 0.3) is 5.91 Å². The summed E-state index contributed by atoms with van der Waals surface area (Å²) in [5, 5.41) is 4.17. The Morgan fingerprint density at radius 1 is 1.20 bits per heavy atom. The van der Waals surface area contributed by atoms with Crippen molar-refractivity contribution in [2.45, 2.75) is 69.9 Å². The Morgan fingerprint density at radius 2 is 1.89 bits per heavy atom. The van der Waals surface area contributed by atoms with Gasteiger partial charge in [0.05, 0.1) is 30.8 Å². The second-order valence-corrected chi connectivity index (χ2v) is 17.2. The zero-order chi connectivity index (χ0) is 32.7. The van der Waals surface area contributed by atoms with Crippen LogP contribution in [0.25, 0.3) is 0 Å². The average molecular weight is 655 g/mol. The highest BCUT2D eigenvalue weighted by atomic mass is 32.2. The van der Waals surface area contributed by atoms with Gasteiger partial charge in [-0.1, -0.05) is 50.8 Å². The molecular formula is C29H37F3N4O6SSi. The van der Waals surface area contributed by atoms with E-state index < -0.39 is 57.0 Å². The second-order valence-electron chi connectivity index (χ2n) is 11.5. The molecule has 3 atom stereocenters. The quantitative estimate of drug-likeness (QED) is 0.218. The number of alkyl halides is 3. The predicted octanol–water partition coefficient (Wildman–Crippen LogP) is 4.54. The molecule has 0 radical (unpaired) electrons. The fraction of sp³-hybridized carbons (Fsp3) is 0.517. The van der Waals surface area contributed by atoms with Gasteiger partial charge in [-0.05, 0) is 36.5 Å². The van der Waals surface area contributed by atoms with E-state index in [4.69, 9.17) is 13.9 Å². The molecule has 2 aromatic rings. The third kappa shape index (κ3) is 9.42. The van der Waals surface area contributed by atoms with E-state index in [2.05, 4.69) is 56.0 Å². The van der Waals surface area contributed by atoms with Crippen LogP contribution >= 0.6 is 11.8 Å². The summed E-state index contributed by atoms with van der Waals surface area (Å²) in [5.74, 6) is 2.51. The van der Waals surface area contributed by atoms with E-state index in [1.165, 1.54) is 22.5 Å². The molecule has 3 unspecified atom stereocenters. The van der Waals surface area contributed by atoms with E-state index in [9.17, 15) is 27.6 Å². The van der Waals surface area contributed by atoms with Crippen LogP contribution in [-0.4, -0.2) is 73.4 Å². The van der Waals surface area contributed by atoms with Crippen LogP contribution in [-0.2, 0) is 18.7 Å². The lowest BCUT2D eigenvalue weighted by molar-refractivity contribution is -0.173. The topological polar surface area (TPSA) is 121 Å². The Balaban J connectivity index is 1.92. The maximum Gasteiger partial charge on any atom is 0.471 e. The largest absolute Gasteiger partial charge is 0.471 e. The van der Waals surface area contributed by atoms with Gasteiger partial charge in [-0.3, -0.25) is 14.2 Å². The van der Waals surface area contributed by atoms with Crippen molar-refractivity contribution in [1.82, 2.24) is 14.9 Å². The molecule has 0 saturated carbocycles. The number of nitrogens with zero attached hydrogens (tertiary/aromatic N) is 2. The maximum atomic E-state index is 13.2. The number of rotatable bonds is 10. The molecule has 3 rings (SSSR count). The van der Waals surface area contributed by atoms with Gasteiger partial charge in [0.2, 0.25) is 0 Å². The first-order chi connectivity index (χ1) is 20.5. The van der Waals surface area contributed by atoms with E-state index in [1.807, 2.05) is 6.26 Å². The van der Waals surface area contributed by atoms with Gasteiger partial charge in [-0.2, -0.15) is 18.2 Å². The monoisotopic (exact) mass is 654 g/mol. The van der Waals surface area contributed by atoms with Crippen LogP contribution in [0.15, 0.2) is 41.3 Å². The second kappa shape index (κ2) is 14.7. The van der Waals surface area contributed by atoms with Crippen molar-refractivity contribution in [1.29, 1.82) is 0 Å². The van der Waals surface area contributed by atoms with Crippen LogP contribution in [0.3, 0.4) is 0 Å². The number of nitrogens with one attached hydrogen (secondary N) is 2. The summed E-state index contributed by atoms with van der Waals surface area (Å²) >= 11 is 1.49. The van der Waals surface area contributed by atoms with Crippen LogP contribution < -0.4 is 16.3 Å². The third-order valence-electron chi connectivity index (χ3n) is 7.34. The summed E-state index contributed by atoms with van der Waals surface area (Å²) in [4.78, 5) is 41.2. The maximum absolute atomic E-state index is 13.2. The molecule has 240 valence electrons. The molecule has 2 amide bonds. The first-order valence-electron chi connectivity index (χ1n) is 13.8. The van der Waals surface area contributed by atoms with Crippen molar-refractivity contribution in [3.63, 3.8) is 0 Å². The highest BCUT2D eigenvalue weighted by Crippen LogP contribution is 2.38. The van der Waals surface area contributed by atoms with Crippen molar-refractivity contribution in [3.8, 4) is 11.8 Å². The molecule has 0 aliphatic carbocycles. The Kier molecular flexibility index (Phi) is 11.8. The van der Waals surface area contributed by atoms with Crippen molar-refractivity contribution < 1.29 is 36.7 Å². The highest BCUT2D eigenvalue weighted by molar-refractivity contribution is 7.98. The number of thioether (sulfide) groups is 1. The van der Waals surface area contributed by atoms with Crippen LogP contribution in [0.2, 0.25) is 18.1 Å². The number of carbonyl (C=O) groups excluding carboxylic acids is 2. The normalized spacial score (nSPS) is 18.8. The highest BCUT2D eigenvalue weighted by Gasteiger charge is 2.42. The Hall–Kier alpha value is -3.16. The van der Waals surface area contributed by atoms with E-state index in [-0.39, 0.29) is 35.0 Å². The van der Waals surface area contributed by atoms with Crippen LogP contribution in [0.5, 0.6) is 0 Å². The number of benzene rings is 1. The molecule has 44 heavy (non-hydrogen) atoms. The van der Waals surface area contributed by atoms with E-state index in [1.54, 1.807) is 35.6 Å². The Bertz CT molecular complexity index is 1440. The summed E-state index contributed by atoms with van der Waals surface area (Å²) in [6, 6.07) is 8.15. The minimum atomic E-state index is -5.06. The number of halogens is 3.